The molecule has 94 valence electrons. The maximum absolute atomic E-state index is 9.48. The minimum atomic E-state index is -0.129. The number of aliphatic hydroxyl groups excluding tert-OH is 1. The third-order valence-corrected chi connectivity index (χ3v) is 4.33. The Hall–Kier alpha value is -0.900. The van der Waals surface area contributed by atoms with Crippen molar-refractivity contribution in [1.29, 1.82) is 0 Å². The van der Waals surface area contributed by atoms with Crippen molar-refractivity contribution < 1.29 is 9.63 Å². The molecule has 2 saturated carbocycles. The molecule has 0 aromatic carbocycles. The summed E-state index contributed by atoms with van der Waals surface area (Å²) >= 11 is 0. The first-order valence-electron chi connectivity index (χ1n) is 6.58. The van der Waals surface area contributed by atoms with E-state index in [0.29, 0.717) is 17.3 Å². The van der Waals surface area contributed by atoms with E-state index < -0.39 is 0 Å². The van der Waals surface area contributed by atoms with E-state index >= 15 is 0 Å². The standard InChI is InChI=1S/C13H20N2O2/c1-13(2)7-10(13)11-14-12(17-15-11)8-3-5-9(16)6-4-8/h8-10,16H,3-7H2,1-2H3. The van der Waals surface area contributed by atoms with Crippen molar-refractivity contribution in [3.05, 3.63) is 11.7 Å². The van der Waals surface area contributed by atoms with E-state index in [4.69, 9.17) is 4.52 Å². The van der Waals surface area contributed by atoms with Gasteiger partial charge in [-0.05, 0) is 37.5 Å². The largest absolute Gasteiger partial charge is 0.393 e. The van der Waals surface area contributed by atoms with Crippen LogP contribution in [0.1, 0.15) is 69.5 Å². The molecule has 0 aliphatic heterocycles. The van der Waals surface area contributed by atoms with E-state index in [1.54, 1.807) is 0 Å². The predicted octanol–water partition coefficient (Wildman–Crippen LogP) is 2.60. The lowest BCUT2D eigenvalue weighted by Gasteiger charge is -2.22. The van der Waals surface area contributed by atoms with Crippen LogP contribution in [-0.2, 0) is 0 Å². The molecule has 1 unspecified atom stereocenters. The van der Waals surface area contributed by atoms with Crippen LogP contribution in [0.25, 0.3) is 0 Å². The van der Waals surface area contributed by atoms with Crippen LogP contribution in [0.2, 0.25) is 0 Å². The van der Waals surface area contributed by atoms with Gasteiger partial charge in [0.15, 0.2) is 5.82 Å². The Morgan fingerprint density at radius 3 is 2.47 bits per heavy atom. The molecule has 1 atom stereocenters. The average molecular weight is 236 g/mol. The molecule has 0 radical (unpaired) electrons. The van der Waals surface area contributed by atoms with Crippen molar-refractivity contribution in [2.24, 2.45) is 5.41 Å². The molecule has 0 saturated heterocycles. The zero-order valence-corrected chi connectivity index (χ0v) is 10.5. The van der Waals surface area contributed by atoms with Crippen LogP contribution in [0.5, 0.6) is 0 Å². The molecular weight excluding hydrogens is 216 g/mol. The molecule has 2 aliphatic carbocycles. The predicted molar refractivity (Wildman–Crippen MR) is 62.7 cm³/mol. The maximum atomic E-state index is 9.48. The lowest BCUT2D eigenvalue weighted by atomic mass is 9.87. The molecule has 3 rings (SSSR count). The van der Waals surface area contributed by atoms with Crippen molar-refractivity contribution >= 4 is 0 Å². The smallest absolute Gasteiger partial charge is 0.229 e. The van der Waals surface area contributed by atoms with Gasteiger partial charge in [0.05, 0.1) is 6.10 Å². The summed E-state index contributed by atoms with van der Waals surface area (Å²) in [6, 6.07) is 0. The minimum absolute atomic E-state index is 0.129. The van der Waals surface area contributed by atoms with Gasteiger partial charge < -0.3 is 9.63 Å². The van der Waals surface area contributed by atoms with Crippen LogP contribution in [0.15, 0.2) is 4.52 Å². The molecule has 4 heteroatoms. The number of hydrogen-bond donors (Lipinski definition) is 1. The van der Waals surface area contributed by atoms with Crippen molar-refractivity contribution in [3.63, 3.8) is 0 Å². The summed E-state index contributed by atoms with van der Waals surface area (Å²) in [5.41, 5.74) is 0.351. The Balaban J connectivity index is 1.69. The normalized spacial score (nSPS) is 35.8. The highest BCUT2D eigenvalue weighted by atomic mass is 16.5. The van der Waals surface area contributed by atoms with Gasteiger partial charge in [-0.1, -0.05) is 19.0 Å². The molecule has 1 heterocycles. The van der Waals surface area contributed by atoms with Crippen LogP contribution >= 0.6 is 0 Å². The van der Waals surface area contributed by atoms with Gasteiger partial charge in [-0.25, -0.2) is 0 Å². The zero-order chi connectivity index (χ0) is 12.0. The first kappa shape index (κ1) is 11.2. The van der Waals surface area contributed by atoms with Gasteiger partial charge >= 0.3 is 0 Å². The average Bonchev–Trinajstić information content (AvgIpc) is 2.76. The molecule has 0 amide bonds. The Bertz CT molecular complexity index is 405. The lowest BCUT2D eigenvalue weighted by molar-refractivity contribution is 0.116. The summed E-state index contributed by atoms with van der Waals surface area (Å²) in [6.07, 6.45) is 4.69. The van der Waals surface area contributed by atoms with Crippen LogP contribution in [0.4, 0.5) is 0 Å². The molecule has 2 fully saturated rings. The fourth-order valence-corrected chi connectivity index (χ4v) is 2.79. The molecule has 0 bridgehead atoms. The monoisotopic (exact) mass is 236 g/mol. The number of hydrogen-bond acceptors (Lipinski definition) is 4. The van der Waals surface area contributed by atoms with Crippen molar-refractivity contribution in [1.82, 2.24) is 10.1 Å². The highest BCUT2D eigenvalue weighted by Crippen LogP contribution is 2.57. The van der Waals surface area contributed by atoms with Gasteiger partial charge in [0.2, 0.25) is 5.89 Å². The number of nitrogens with zero attached hydrogens (tertiary/aromatic N) is 2. The first-order valence-corrected chi connectivity index (χ1v) is 6.58. The third-order valence-electron chi connectivity index (χ3n) is 4.33. The first-order chi connectivity index (χ1) is 8.06. The second-order valence-electron chi connectivity index (χ2n) is 6.24. The number of aliphatic hydroxyl groups is 1. The van der Waals surface area contributed by atoms with Crippen molar-refractivity contribution in [2.75, 3.05) is 0 Å². The number of rotatable bonds is 2. The number of aromatic nitrogens is 2. The quantitative estimate of drug-likeness (QED) is 0.857. The van der Waals surface area contributed by atoms with Crippen molar-refractivity contribution in [2.45, 2.75) is 63.9 Å². The highest BCUT2D eigenvalue weighted by molar-refractivity contribution is 5.15. The van der Waals surface area contributed by atoms with E-state index in [1.807, 2.05) is 0 Å². The minimum Gasteiger partial charge on any atom is -0.393 e. The van der Waals surface area contributed by atoms with Crippen LogP contribution in [-0.4, -0.2) is 21.4 Å². The second-order valence-corrected chi connectivity index (χ2v) is 6.24. The molecule has 0 spiro atoms. The van der Waals surface area contributed by atoms with E-state index in [2.05, 4.69) is 24.0 Å². The summed E-state index contributed by atoms with van der Waals surface area (Å²) in [5, 5.41) is 13.6. The van der Waals surface area contributed by atoms with E-state index in [9.17, 15) is 5.11 Å². The maximum Gasteiger partial charge on any atom is 0.229 e. The topological polar surface area (TPSA) is 59.2 Å². The fourth-order valence-electron chi connectivity index (χ4n) is 2.79. The van der Waals surface area contributed by atoms with Gasteiger partial charge in [-0.15, -0.1) is 0 Å². The Morgan fingerprint density at radius 1 is 1.24 bits per heavy atom. The van der Waals surface area contributed by atoms with Gasteiger partial charge in [0.1, 0.15) is 0 Å². The highest BCUT2D eigenvalue weighted by Gasteiger charge is 2.49. The van der Waals surface area contributed by atoms with Gasteiger partial charge in [0.25, 0.3) is 0 Å². The van der Waals surface area contributed by atoms with E-state index in [1.165, 1.54) is 0 Å². The van der Waals surface area contributed by atoms with E-state index in [-0.39, 0.29) is 6.10 Å². The summed E-state index contributed by atoms with van der Waals surface area (Å²) in [6.45, 7) is 4.48. The lowest BCUT2D eigenvalue weighted by Crippen LogP contribution is -2.17. The third kappa shape index (κ3) is 2.10. The molecular formula is C13H20N2O2. The molecule has 1 aromatic rings. The fraction of sp³-hybridized carbons (Fsp3) is 0.846. The zero-order valence-electron chi connectivity index (χ0n) is 10.5. The Kier molecular flexibility index (Phi) is 2.51. The molecule has 2 aliphatic rings. The Morgan fingerprint density at radius 2 is 1.88 bits per heavy atom. The van der Waals surface area contributed by atoms with Crippen LogP contribution < -0.4 is 0 Å². The van der Waals surface area contributed by atoms with Crippen LogP contribution in [0, 0.1) is 5.41 Å². The van der Waals surface area contributed by atoms with Gasteiger partial charge in [-0.3, -0.25) is 0 Å². The molecule has 1 aromatic heterocycles. The summed E-state index contributed by atoms with van der Waals surface area (Å²) < 4.78 is 5.39. The second kappa shape index (κ2) is 3.80. The van der Waals surface area contributed by atoms with Gasteiger partial charge in [0, 0.05) is 11.8 Å². The van der Waals surface area contributed by atoms with Crippen molar-refractivity contribution in [3.8, 4) is 0 Å². The Labute approximate surface area is 101 Å². The van der Waals surface area contributed by atoms with E-state index in [0.717, 1.165) is 43.8 Å². The molecule has 1 N–H and O–H groups in total. The summed E-state index contributed by atoms with van der Waals surface area (Å²) in [4.78, 5) is 4.56. The summed E-state index contributed by atoms with van der Waals surface area (Å²) in [7, 11) is 0. The van der Waals surface area contributed by atoms with Crippen LogP contribution in [0.3, 0.4) is 0 Å². The summed E-state index contributed by atoms with van der Waals surface area (Å²) in [5.74, 6) is 2.52. The molecule has 4 nitrogen and oxygen atoms in total. The molecule has 17 heavy (non-hydrogen) atoms. The van der Waals surface area contributed by atoms with Gasteiger partial charge in [-0.2, -0.15) is 4.98 Å². The SMILES string of the molecule is CC1(C)CC1c1noc(C2CCC(O)CC2)n1.